The van der Waals surface area contributed by atoms with Gasteiger partial charge in [0.2, 0.25) is 5.91 Å². The summed E-state index contributed by atoms with van der Waals surface area (Å²) in [6.07, 6.45) is 1.83. The highest BCUT2D eigenvalue weighted by molar-refractivity contribution is 5.96. The van der Waals surface area contributed by atoms with Crippen LogP contribution in [0.25, 0.3) is 0 Å². The van der Waals surface area contributed by atoms with E-state index in [4.69, 9.17) is 5.11 Å². The van der Waals surface area contributed by atoms with Crippen LogP contribution in [0.4, 0.5) is 0 Å². The molecule has 74 valence electrons. The van der Waals surface area contributed by atoms with Crippen LogP contribution in [0.2, 0.25) is 0 Å². The number of carboxylic acid groups (broad SMARTS) is 1. The van der Waals surface area contributed by atoms with Gasteiger partial charge in [-0.2, -0.15) is 0 Å². The fourth-order valence-corrected chi connectivity index (χ4v) is 0.621. The molecule has 0 aromatic heterocycles. The molecular weight excluding hydrogens is 170 g/mol. The summed E-state index contributed by atoms with van der Waals surface area (Å²) in [6.45, 7) is 5.57. The normalized spacial score (nSPS) is 11.6. The van der Waals surface area contributed by atoms with Crippen molar-refractivity contribution in [2.45, 2.75) is 20.8 Å². The van der Waals surface area contributed by atoms with E-state index in [1.807, 2.05) is 19.9 Å². The van der Waals surface area contributed by atoms with Gasteiger partial charge >= 0.3 is 5.97 Å². The van der Waals surface area contributed by atoms with Crippen molar-refractivity contribution < 1.29 is 14.7 Å². The molecule has 0 bridgehead atoms. The van der Waals surface area contributed by atoms with Gasteiger partial charge in [-0.1, -0.05) is 11.6 Å². The first kappa shape index (κ1) is 11.7. The van der Waals surface area contributed by atoms with E-state index in [-0.39, 0.29) is 0 Å². The van der Waals surface area contributed by atoms with Crippen LogP contribution in [0.15, 0.2) is 11.6 Å². The predicted octanol–water partition coefficient (Wildman–Crippen LogP) is 0.790. The second kappa shape index (κ2) is 5.35. The standard InChI is InChI=1S/C9H15NO3/c1-6(2)4-5-10-8(11)7(3)9(12)13/h4,7H,5H2,1-3H3,(H,10,11)(H,12,13). The Morgan fingerprint density at radius 2 is 2.00 bits per heavy atom. The number of hydrogen-bond acceptors (Lipinski definition) is 2. The minimum atomic E-state index is -1.10. The van der Waals surface area contributed by atoms with Crippen molar-refractivity contribution in [3.8, 4) is 0 Å². The minimum absolute atomic E-state index is 0.388. The smallest absolute Gasteiger partial charge is 0.315 e. The molecule has 0 aromatic carbocycles. The van der Waals surface area contributed by atoms with Gasteiger partial charge in [0, 0.05) is 6.54 Å². The molecule has 0 aliphatic heterocycles. The lowest BCUT2D eigenvalue weighted by molar-refractivity contribution is -0.146. The fourth-order valence-electron chi connectivity index (χ4n) is 0.621. The first-order chi connectivity index (χ1) is 5.95. The second-order valence-corrected chi connectivity index (χ2v) is 3.09. The van der Waals surface area contributed by atoms with E-state index in [2.05, 4.69) is 5.32 Å². The lowest BCUT2D eigenvalue weighted by Crippen LogP contribution is -2.33. The molecule has 13 heavy (non-hydrogen) atoms. The van der Waals surface area contributed by atoms with Crippen LogP contribution in [0, 0.1) is 5.92 Å². The first-order valence-electron chi connectivity index (χ1n) is 4.09. The Labute approximate surface area is 77.6 Å². The zero-order valence-corrected chi connectivity index (χ0v) is 8.13. The summed E-state index contributed by atoms with van der Waals surface area (Å²) in [5.74, 6) is -2.54. The van der Waals surface area contributed by atoms with Crippen molar-refractivity contribution in [2.24, 2.45) is 5.92 Å². The highest BCUT2D eigenvalue weighted by atomic mass is 16.4. The molecule has 0 saturated carbocycles. The lowest BCUT2D eigenvalue weighted by atomic mass is 10.2. The molecule has 0 spiro atoms. The number of amides is 1. The van der Waals surface area contributed by atoms with Crippen LogP contribution in [0.1, 0.15) is 20.8 Å². The summed E-state index contributed by atoms with van der Waals surface area (Å²) >= 11 is 0. The Morgan fingerprint density at radius 3 is 2.38 bits per heavy atom. The van der Waals surface area contributed by atoms with Gasteiger partial charge in [-0.15, -0.1) is 0 Å². The van der Waals surface area contributed by atoms with Crippen LogP contribution >= 0.6 is 0 Å². The predicted molar refractivity (Wildman–Crippen MR) is 49.2 cm³/mol. The van der Waals surface area contributed by atoms with Gasteiger partial charge in [0.25, 0.3) is 0 Å². The monoisotopic (exact) mass is 185 g/mol. The Kier molecular flexibility index (Phi) is 4.80. The molecule has 0 rings (SSSR count). The number of carboxylic acids is 1. The molecule has 0 aromatic rings. The maximum atomic E-state index is 11.0. The number of carbonyl (C=O) groups is 2. The third-order valence-corrected chi connectivity index (χ3v) is 1.55. The Bertz CT molecular complexity index is 229. The molecule has 0 heterocycles. The van der Waals surface area contributed by atoms with Crippen molar-refractivity contribution in [3.05, 3.63) is 11.6 Å². The topological polar surface area (TPSA) is 66.4 Å². The Balaban J connectivity index is 3.89. The highest BCUT2D eigenvalue weighted by Gasteiger charge is 2.19. The van der Waals surface area contributed by atoms with Crippen LogP contribution in [-0.2, 0) is 9.59 Å². The summed E-state index contributed by atoms with van der Waals surface area (Å²) in [6, 6.07) is 0. The molecule has 2 N–H and O–H groups in total. The van der Waals surface area contributed by atoms with Crippen molar-refractivity contribution in [3.63, 3.8) is 0 Å². The maximum absolute atomic E-state index is 11.0. The number of nitrogens with one attached hydrogen (secondary N) is 1. The van der Waals surface area contributed by atoms with Gasteiger partial charge in [0.05, 0.1) is 0 Å². The molecule has 4 heteroatoms. The van der Waals surface area contributed by atoms with Gasteiger partial charge < -0.3 is 10.4 Å². The molecule has 0 aliphatic rings. The van der Waals surface area contributed by atoms with Gasteiger partial charge in [-0.3, -0.25) is 9.59 Å². The molecular formula is C9H15NO3. The van der Waals surface area contributed by atoms with Crippen LogP contribution in [0.5, 0.6) is 0 Å². The minimum Gasteiger partial charge on any atom is -0.481 e. The Hall–Kier alpha value is -1.32. The summed E-state index contributed by atoms with van der Waals surface area (Å²) in [4.78, 5) is 21.4. The van der Waals surface area contributed by atoms with Crippen LogP contribution in [0.3, 0.4) is 0 Å². The maximum Gasteiger partial charge on any atom is 0.315 e. The molecule has 0 saturated heterocycles. The molecule has 1 amide bonds. The van der Waals surface area contributed by atoms with E-state index >= 15 is 0 Å². The summed E-state index contributed by atoms with van der Waals surface area (Å²) in [5.41, 5.74) is 1.09. The second-order valence-electron chi connectivity index (χ2n) is 3.09. The number of rotatable bonds is 4. The van der Waals surface area contributed by atoms with Crippen LogP contribution in [-0.4, -0.2) is 23.5 Å². The lowest BCUT2D eigenvalue weighted by Gasteiger charge is -2.05. The third-order valence-electron chi connectivity index (χ3n) is 1.55. The Morgan fingerprint density at radius 1 is 1.46 bits per heavy atom. The number of allylic oxidation sites excluding steroid dienone is 1. The van der Waals surface area contributed by atoms with Gasteiger partial charge in [0.1, 0.15) is 5.92 Å². The van der Waals surface area contributed by atoms with E-state index in [1.165, 1.54) is 6.92 Å². The van der Waals surface area contributed by atoms with Crippen LogP contribution < -0.4 is 5.32 Å². The largest absolute Gasteiger partial charge is 0.481 e. The third kappa shape index (κ3) is 5.00. The molecule has 0 radical (unpaired) electrons. The highest BCUT2D eigenvalue weighted by Crippen LogP contribution is 1.94. The van der Waals surface area contributed by atoms with E-state index < -0.39 is 17.8 Å². The summed E-state index contributed by atoms with van der Waals surface area (Å²) in [7, 11) is 0. The van der Waals surface area contributed by atoms with Crippen molar-refractivity contribution in [1.82, 2.24) is 5.32 Å². The quantitative estimate of drug-likeness (QED) is 0.502. The average molecular weight is 185 g/mol. The summed E-state index contributed by atoms with van der Waals surface area (Å²) in [5, 5.41) is 11.0. The summed E-state index contributed by atoms with van der Waals surface area (Å²) < 4.78 is 0. The van der Waals surface area contributed by atoms with Gasteiger partial charge in [-0.05, 0) is 20.8 Å². The zero-order chi connectivity index (χ0) is 10.4. The molecule has 0 aliphatic carbocycles. The van der Waals surface area contributed by atoms with E-state index in [0.29, 0.717) is 6.54 Å². The number of hydrogen-bond donors (Lipinski definition) is 2. The number of carbonyl (C=O) groups excluding carboxylic acids is 1. The van der Waals surface area contributed by atoms with E-state index in [1.54, 1.807) is 0 Å². The van der Waals surface area contributed by atoms with Crippen molar-refractivity contribution >= 4 is 11.9 Å². The SMILES string of the molecule is CC(C)=CCNC(=O)C(C)C(=O)O. The fraction of sp³-hybridized carbons (Fsp3) is 0.556. The van der Waals surface area contributed by atoms with Gasteiger partial charge in [0.15, 0.2) is 0 Å². The molecule has 1 unspecified atom stereocenters. The molecule has 1 atom stereocenters. The van der Waals surface area contributed by atoms with E-state index in [9.17, 15) is 9.59 Å². The molecule has 4 nitrogen and oxygen atoms in total. The van der Waals surface area contributed by atoms with Crippen molar-refractivity contribution in [2.75, 3.05) is 6.54 Å². The first-order valence-corrected chi connectivity index (χ1v) is 4.09. The average Bonchev–Trinajstić information content (AvgIpc) is 2.02. The van der Waals surface area contributed by atoms with Gasteiger partial charge in [-0.25, -0.2) is 0 Å². The molecule has 0 fully saturated rings. The zero-order valence-electron chi connectivity index (χ0n) is 8.13. The van der Waals surface area contributed by atoms with Crippen molar-refractivity contribution in [1.29, 1.82) is 0 Å². The van der Waals surface area contributed by atoms with E-state index in [0.717, 1.165) is 5.57 Å². The number of aliphatic carboxylic acids is 1.